The summed E-state index contributed by atoms with van der Waals surface area (Å²) in [7, 11) is 0. The van der Waals surface area contributed by atoms with Crippen molar-refractivity contribution in [3.05, 3.63) is 35.9 Å². The molecule has 0 spiro atoms. The van der Waals surface area contributed by atoms with E-state index in [1.807, 2.05) is 6.07 Å². The summed E-state index contributed by atoms with van der Waals surface area (Å²) in [6.07, 6.45) is -6.42. The number of nitrogens with one attached hydrogen (secondary N) is 1. The predicted octanol–water partition coefficient (Wildman–Crippen LogP) is 1.53. The van der Waals surface area contributed by atoms with Crippen LogP contribution in [0, 0.1) is 0 Å². The highest BCUT2D eigenvalue weighted by Crippen LogP contribution is 2.28. The van der Waals surface area contributed by atoms with Crippen LogP contribution in [0.15, 0.2) is 30.3 Å². The summed E-state index contributed by atoms with van der Waals surface area (Å²) in [4.78, 5) is 72.1. The molecule has 1 aliphatic heterocycles. The summed E-state index contributed by atoms with van der Waals surface area (Å²) in [6.45, 7) is 6.25. The number of ether oxygens (including phenoxy) is 6. The van der Waals surface area contributed by atoms with Gasteiger partial charge >= 0.3 is 23.9 Å². The van der Waals surface area contributed by atoms with Gasteiger partial charge in [-0.25, -0.2) is 0 Å². The Morgan fingerprint density at radius 2 is 1.56 bits per heavy atom. The molecule has 1 fully saturated rings. The van der Waals surface area contributed by atoms with E-state index in [0.717, 1.165) is 19.4 Å². The number of hydrogen-bond donors (Lipinski definition) is 1. The van der Waals surface area contributed by atoms with Crippen LogP contribution in [0.4, 0.5) is 0 Å². The first-order chi connectivity index (χ1) is 19.4. The molecular formula is C28H37NO12. The molecule has 2 rings (SSSR count). The maximum atomic E-state index is 13.3. The number of rotatable bonds is 14. The monoisotopic (exact) mass is 579 g/mol. The van der Waals surface area contributed by atoms with Gasteiger partial charge in [0, 0.05) is 33.6 Å². The number of carbonyl (C=O) groups excluding carboxylic acids is 6. The van der Waals surface area contributed by atoms with Crippen molar-refractivity contribution in [3.63, 3.8) is 0 Å². The Labute approximate surface area is 238 Å². The lowest BCUT2D eigenvalue weighted by Crippen LogP contribution is -2.66. The van der Waals surface area contributed by atoms with Crippen molar-refractivity contribution < 1.29 is 57.2 Å². The first kappa shape index (κ1) is 33.4. The van der Waals surface area contributed by atoms with Gasteiger partial charge in [-0.15, -0.1) is 0 Å². The normalized spacial score (nSPS) is 22.5. The minimum absolute atomic E-state index is 0.0265. The zero-order valence-electron chi connectivity index (χ0n) is 23.8. The minimum atomic E-state index is -1.38. The molecule has 1 aromatic rings. The summed E-state index contributed by atoms with van der Waals surface area (Å²) in [5, 5.41) is 2.73. The third-order valence-corrected chi connectivity index (χ3v) is 5.91. The maximum Gasteiger partial charge on any atom is 0.306 e. The van der Waals surface area contributed by atoms with Crippen LogP contribution in [0.3, 0.4) is 0 Å². The van der Waals surface area contributed by atoms with Gasteiger partial charge in [0.25, 0.3) is 5.91 Å². The Balaban J connectivity index is 2.38. The fourth-order valence-corrected chi connectivity index (χ4v) is 4.05. The van der Waals surface area contributed by atoms with E-state index < -0.39 is 66.5 Å². The van der Waals surface area contributed by atoms with E-state index >= 15 is 0 Å². The lowest BCUT2D eigenvalue weighted by Gasteiger charge is -2.44. The molecule has 0 unspecified atom stereocenters. The molecule has 226 valence electrons. The van der Waals surface area contributed by atoms with E-state index in [0.29, 0.717) is 0 Å². The molecule has 6 atom stereocenters. The third kappa shape index (κ3) is 11.7. The third-order valence-electron chi connectivity index (χ3n) is 5.91. The Bertz CT molecular complexity index is 1080. The van der Waals surface area contributed by atoms with E-state index in [1.165, 1.54) is 13.8 Å². The van der Waals surface area contributed by atoms with Crippen LogP contribution in [0.5, 0.6) is 0 Å². The van der Waals surface area contributed by atoms with Crippen molar-refractivity contribution in [2.24, 2.45) is 0 Å². The molecule has 0 saturated carbocycles. The molecule has 1 aromatic carbocycles. The largest absolute Gasteiger partial charge is 0.466 e. The number of Topliss-reactive ketones (excluding diaryl/α,β-unsaturated/α-hetero) is 1. The van der Waals surface area contributed by atoms with Gasteiger partial charge in [0.2, 0.25) is 6.29 Å². The van der Waals surface area contributed by atoms with Crippen LogP contribution in [0.2, 0.25) is 0 Å². The van der Waals surface area contributed by atoms with E-state index in [4.69, 9.17) is 28.4 Å². The number of benzene rings is 1. The van der Waals surface area contributed by atoms with Crippen LogP contribution < -0.4 is 5.32 Å². The molecule has 0 radical (unpaired) electrons. The molecule has 41 heavy (non-hydrogen) atoms. The van der Waals surface area contributed by atoms with E-state index in [-0.39, 0.29) is 38.3 Å². The topological polar surface area (TPSA) is 170 Å². The first-order valence-electron chi connectivity index (χ1n) is 13.2. The van der Waals surface area contributed by atoms with Crippen LogP contribution in [-0.4, -0.2) is 78.9 Å². The zero-order valence-corrected chi connectivity index (χ0v) is 23.8. The molecule has 1 N–H and O–H groups in total. The average Bonchev–Trinajstić information content (AvgIpc) is 2.88. The van der Waals surface area contributed by atoms with Crippen molar-refractivity contribution in [2.45, 2.75) is 97.2 Å². The smallest absolute Gasteiger partial charge is 0.306 e. The van der Waals surface area contributed by atoms with Gasteiger partial charge in [-0.2, -0.15) is 0 Å². The number of carbonyl (C=O) groups is 6. The van der Waals surface area contributed by atoms with E-state index in [9.17, 15) is 28.8 Å². The van der Waals surface area contributed by atoms with Crippen LogP contribution >= 0.6 is 0 Å². The molecule has 0 aromatic heterocycles. The Morgan fingerprint density at radius 3 is 2.15 bits per heavy atom. The molecule has 0 bridgehead atoms. The van der Waals surface area contributed by atoms with E-state index in [2.05, 4.69) is 5.32 Å². The number of esters is 4. The van der Waals surface area contributed by atoms with Gasteiger partial charge in [0.1, 0.15) is 11.9 Å². The Kier molecular flexibility index (Phi) is 13.4. The highest BCUT2D eigenvalue weighted by molar-refractivity contribution is 5.84. The Hall–Kier alpha value is -3.84. The summed E-state index contributed by atoms with van der Waals surface area (Å²) in [5.74, 6) is -3.74. The first-order valence-corrected chi connectivity index (χ1v) is 13.2. The van der Waals surface area contributed by atoms with E-state index in [1.54, 1.807) is 31.2 Å². The number of amides is 1. The fraction of sp³-hybridized carbons (Fsp3) is 0.571. The van der Waals surface area contributed by atoms with Gasteiger partial charge in [-0.05, 0) is 19.4 Å². The van der Waals surface area contributed by atoms with Crippen molar-refractivity contribution in [1.82, 2.24) is 5.32 Å². The second kappa shape index (κ2) is 16.4. The number of ketones is 1. The van der Waals surface area contributed by atoms with Crippen molar-refractivity contribution in [3.8, 4) is 0 Å². The lowest BCUT2D eigenvalue weighted by atomic mass is 9.95. The maximum absolute atomic E-state index is 13.3. The lowest BCUT2D eigenvalue weighted by molar-refractivity contribution is -0.277. The highest BCUT2D eigenvalue weighted by atomic mass is 16.7. The minimum Gasteiger partial charge on any atom is -0.466 e. The Morgan fingerprint density at radius 1 is 0.878 bits per heavy atom. The van der Waals surface area contributed by atoms with Crippen molar-refractivity contribution in [1.29, 1.82) is 0 Å². The molecule has 1 amide bonds. The standard InChI is InChI=1S/C28H37NO12/c1-16(30)11-12-23(34)41-26-25(37-15-21-9-7-6-8-10-21)24(17(2)38-28(26)40-20(5)33)29-27(35)22(39-19(4)32)13-14-36-18(3)31/h6-10,17,22,24-26,28H,11-15H2,1-5H3,(H,29,35)/t17-,22-,24-,25+,26+,28-/m1/s1. The molecule has 1 saturated heterocycles. The van der Waals surface area contributed by atoms with Crippen LogP contribution in [0.1, 0.15) is 59.4 Å². The van der Waals surface area contributed by atoms with Gasteiger partial charge < -0.3 is 38.5 Å². The van der Waals surface area contributed by atoms with Gasteiger partial charge in [0.05, 0.1) is 31.8 Å². The second-order valence-electron chi connectivity index (χ2n) is 9.50. The summed E-state index contributed by atoms with van der Waals surface area (Å²) >= 11 is 0. The summed E-state index contributed by atoms with van der Waals surface area (Å²) in [6, 6.07) is 8.05. The quantitative estimate of drug-likeness (QED) is 0.249. The molecule has 0 aliphatic carbocycles. The summed E-state index contributed by atoms with van der Waals surface area (Å²) < 4.78 is 33.0. The van der Waals surface area contributed by atoms with Crippen molar-refractivity contribution in [2.75, 3.05) is 6.61 Å². The molecule has 13 nitrogen and oxygen atoms in total. The average molecular weight is 580 g/mol. The zero-order chi connectivity index (χ0) is 30.5. The van der Waals surface area contributed by atoms with Crippen LogP contribution in [0.25, 0.3) is 0 Å². The predicted molar refractivity (Wildman–Crippen MR) is 140 cm³/mol. The highest BCUT2D eigenvalue weighted by Gasteiger charge is 2.50. The second-order valence-corrected chi connectivity index (χ2v) is 9.50. The molecular weight excluding hydrogens is 542 g/mol. The summed E-state index contributed by atoms with van der Waals surface area (Å²) in [5.41, 5.74) is 0.765. The van der Waals surface area contributed by atoms with Gasteiger partial charge in [-0.3, -0.25) is 24.0 Å². The fourth-order valence-electron chi connectivity index (χ4n) is 4.05. The number of hydrogen-bond acceptors (Lipinski definition) is 12. The SMILES string of the molecule is CC(=O)CCC(=O)O[C@@H]1[C@@H](OC(C)=O)O[C@H](C)[C@@H](NC(=O)[C@@H](CCOC(C)=O)OC(C)=O)[C@@H]1OCc1ccccc1. The molecule has 1 heterocycles. The van der Waals surface area contributed by atoms with Gasteiger partial charge in [-0.1, -0.05) is 30.3 Å². The molecule has 1 aliphatic rings. The van der Waals surface area contributed by atoms with Gasteiger partial charge in [0.15, 0.2) is 12.2 Å². The van der Waals surface area contributed by atoms with Crippen molar-refractivity contribution >= 4 is 35.6 Å². The molecule has 13 heteroatoms. The van der Waals surface area contributed by atoms with Crippen LogP contribution in [-0.2, 0) is 63.8 Å².